The highest BCUT2D eigenvalue weighted by molar-refractivity contribution is 7.89. The predicted molar refractivity (Wildman–Crippen MR) is 113 cm³/mol. The molecule has 3 rings (SSSR count). The molecule has 0 N–H and O–H groups in total. The number of ether oxygens (including phenoxy) is 1. The largest absolute Gasteiger partial charge is 0.462 e. The third kappa shape index (κ3) is 4.75. The molecular weight excluding hydrogens is 440 g/mol. The lowest BCUT2D eigenvalue weighted by atomic mass is 10.1. The first kappa shape index (κ1) is 23.3. The van der Waals surface area contributed by atoms with Gasteiger partial charge in [0.05, 0.1) is 27.7 Å². The fourth-order valence-corrected chi connectivity index (χ4v) is 4.77. The number of benzene rings is 1. The van der Waals surface area contributed by atoms with Crippen molar-refractivity contribution in [1.82, 2.24) is 14.2 Å². The molecule has 12 heteroatoms. The van der Waals surface area contributed by atoms with Crippen LogP contribution in [0, 0.1) is 17.0 Å². The van der Waals surface area contributed by atoms with Crippen LogP contribution in [-0.2, 0) is 14.8 Å². The van der Waals surface area contributed by atoms with Crippen molar-refractivity contribution in [2.75, 3.05) is 32.8 Å². The zero-order valence-corrected chi connectivity index (χ0v) is 18.4. The van der Waals surface area contributed by atoms with Crippen molar-refractivity contribution in [2.45, 2.75) is 18.7 Å². The van der Waals surface area contributed by atoms with Crippen LogP contribution in [0.1, 0.15) is 33.5 Å². The van der Waals surface area contributed by atoms with Crippen molar-refractivity contribution in [3.05, 3.63) is 63.5 Å². The van der Waals surface area contributed by atoms with Gasteiger partial charge in [0.2, 0.25) is 10.0 Å². The maximum atomic E-state index is 12.9. The Labute approximate surface area is 184 Å². The van der Waals surface area contributed by atoms with Crippen molar-refractivity contribution in [1.29, 1.82) is 0 Å². The lowest BCUT2D eigenvalue weighted by molar-refractivity contribution is -0.385. The van der Waals surface area contributed by atoms with Gasteiger partial charge in [-0.25, -0.2) is 18.2 Å². The molecule has 1 aliphatic rings. The molecule has 170 valence electrons. The molecule has 0 radical (unpaired) electrons. The van der Waals surface area contributed by atoms with E-state index in [9.17, 15) is 28.1 Å². The number of pyridine rings is 1. The summed E-state index contributed by atoms with van der Waals surface area (Å²) in [5.41, 5.74) is 0.468. The second-order valence-electron chi connectivity index (χ2n) is 7.00. The van der Waals surface area contributed by atoms with Gasteiger partial charge >= 0.3 is 5.97 Å². The summed E-state index contributed by atoms with van der Waals surface area (Å²) in [4.78, 5) is 40.5. The van der Waals surface area contributed by atoms with E-state index in [2.05, 4.69) is 4.98 Å². The average Bonchev–Trinajstić information content (AvgIpc) is 2.78. The number of aromatic nitrogens is 1. The monoisotopic (exact) mass is 462 g/mol. The minimum absolute atomic E-state index is 0.0384. The van der Waals surface area contributed by atoms with Crippen LogP contribution in [0.2, 0.25) is 0 Å². The van der Waals surface area contributed by atoms with E-state index in [4.69, 9.17) is 4.74 Å². The molecule has 1 aromatic heterocycles. The molecule has 2 aromatic rings. The number of non-ortho nitro benzene ring substituents is 1. The first-order valence-electron chi connectivity index (χ1n) is 9.83. The van der Waals surface area contributed by atoms with E-state index in [1.54, 1.807) is 13.8 Å². The number of rotatable bonds is 6. The number of hydrogen-bond donors (Lipinski definition) is 0. The maximum Gasteiger partial charge on any atom is 0.339 e. The van der Waals surface area contributed by atoms with Crippen LogP contribution in [0.4, 0.5) is 5.69 Å². The Balaban J connectivity index is 1.69. The van der Waals surface area contributed by atoms with Crippen molar-refractivity contribution in [3.63, 3.8) is 0 Å². The lowest BCUT2D eigenvalue weighted by Gasteiger charge is -2.33. The quantitative estimate of drug-likeness (QED) is 0.358. The normalized spacial score (nSPS) is 14.8. The Kier molecular flexibility index (Phi) is 6.84. The van der Waals surface area contributed by atoms with Crippen molar-refractivity contribution in [2.24, 2.45) is 0 Å². The summed E-state index contributed by atoms with van der Waals surface area (Å²) in [6.07, 6.45) is 0. The lowest BCUT2D eigenvalue weighted by Crippen LogP contribution is -2.50. The third-order valence-electron chi connectivity index (χ3n) is 4.99. The first-order chi connectivity index (χ1) is 15.1. The van der Waals surface area contributed by atoms with E-state index in [1.807, 2.05) is 0 Å². The number of hydrogen-bond acceptors (Lipinski definition) is 8. The summed E-state index contributed by atoms with van der Waals surface area (Å²) < 4.78 is 31.8. The number of piperazine rings is 1. The number of nitro benzene ring substituents is 1. The van der Waals surface area contributed by atoms with E-state index in [0.29, 0.717) is 5.69 Å². The fraction of sp³-hybridized carbons (Fsp3) is 0.350. The van der Waals surface area contributed by atoms with Crippen LogP contribution in [0.25, 0.3) is 0 Å². The summed E-state index contributed by atoms with van der Waals surface area (Å²) in [6.45, 7) is 3.86. The number of carbonyl (C=O) groups excluding carboxylic acids is 2. The summed E-state index contributed by atoms with van der Waals surface area (Å²) in [5, 5.41) is 10.9. The van der Waals surface area contributed by atoms with Gasteiger partial charge in [-0.05, 0) is 32.0 Å². The van der Waals surface area contributed by atoms with Crippen molar-refractivity contribution >= 4 is 27.6 Å². The third-order valence-corrected chi connectivity index (χ3v) is 6.89. The number of sulfonamides is 1. The average molecular weight is 462 g/mol. The van der Waals surface area contributed by atoms with E-state index in [1.165, 1.54) is 39.5 Å². The molecule has 0 atom stereocenters. The Morgan fingerprint density at radius 3 is 2.44 bits per heavy atom. The van der Waals surface area contributed by atoms with Crippen LogP contribution in [0.5, 0.6) is 0 Å². The van der Waals surface area contributed by atoms with Crippen molar-refractivity contribution < 1.29 is 27.7 Å². The standard InChI is InChI=1S/C20H22N4O7S/c1-3-31-20(26)17-7-8-18(21-14(17)2)19(25)22-9-11-23(12-10-22)32(29,30)16-6-4-5-15(13-16)24(27)28/h4-8,13H,3,9-12H2,1-2H3. The molecule has 0 aliphatic carbocycles. The number of nitrogens with zero attached hydrogens (tertiary/aromatic N) is 4. The van der Waals surface area contributed by atoms with Crippen LogP contribution < -0.4 is 0 Å². The van der Waals surface area contributed by atoms with Gasteiger partial charge in [-0.15, -0.1) is 0 Å². The van der Waals surface area contributed by atoms with Gasteiger partial charge in [0.15, 0.2) is 0 Å². The molecule has 0 spiro atoms. The van der Waals surface area contributed by atoms with Gasteiger partial charge in [0.1, 0.15) is 5.69 Å². The second-order valence-corrected chi connectivity index (χ2v) is 8.94. The highest BCUT2D eigenvalue weighted by atomic mass is 32.2. The van der Waals surface area contributed by atoms with Gasteiger partial charge in [0.25, 0.3) is 11.6 Å². The molecular formula is C20H22N4O7S. The molecule has 0 saturated carbocycles. The molecule has 1 saturated heterocycles. The molecule has 1 aromatic carbocycles. The second kappa shape index (κ2) is 9.40. The molecule has 2 heterocycles. The van der Waals surface area contributed by atoms with E-state index < -0.39 is 20.9 Å². The van der Waals surface area contributed by atoms with Crippen LogP contribution in [0.3, 0.4) is 0 Å². The van der Waals surface area contributed by atoms with Gasteiger partial charge in [0, 0.05) is 38.3 Å². The zero-order chi connectivity index (χ0) is 23.5. The van der Waals surface area contributed by atoms with Gasteiger partial charge in [-0.2, -0.15) is 4.31 Å². The van der Waals surface area contributed by atoms with E-state index in [0.717, 1.165) is 6.07 Å². The molecule has 11 nitrogen and oxygen atoms in total. The SMILES string of the molecule is CCOC(=O)c1ccc(C(=O)N2CCN(S(=O)(=O)c3cccc([N+](=O)[O-])c3)CC2)nc1C. The molecule has 1 fully saturated rings. The minimum atomic E-state index is -3.94. The Morgan fingerprint density at radius 2 is 1.84 bits per heavy atom. The number of nitro groups is 1. The summed E-state index contributed by atoms with van der Waals surface area (Å²) in [6, 6.07) is 7.78. The van der Waals surface area contributed by atoms with Crippen LogP contribution >= 0.6 is 0 Å². The number of carbonyl (C=O) groups is 2. The number of aryl methyl sites for hydroxylation is 1. The number of amides is 1. The Bertz CT molecular complexity index is 1160. The molecule has 32 heavy (non-hydrogen) atoms. The van der Waals surface area contributed by atoms with Gasteiger partial charge in [-0.3, -0.25) is 14.9 Å². The highest BCUT2D eigenvalue weighted by Crippen LogP contribution is 2.22. The van der Waals surface area contributed by atoms with Crippen LogP contribution in [-0.4, -0.2) is 72.2 Å². The topological polar surface area (TPSA) is 140 Å². The molecule has 1 amide bonds. The summed E-state index contributed by atoms with van der Waals surface area (Å²) in [7, 11) is -3.94. The Morgan fingerprint density at radius 1 is 1.16 bits per heavy atom. The van der Waals surface area contributed by atoms with Crippen LogP contribution in [0.15, 0.2) is 41.3 Å². The Hall–Kier alpha value is -3.38. The zero-order valence-electron chi connectivity index (χ0n) is 17.6. The van der Waals surface area contributed by atoms with E-state index in [-0.39, 0.29) is 60.5 Å². The minimum Gasteiger partial charge on any atom is -0.462 e. The summed E-state index contributed by atoms with van der Waals surface area (Å²) in [5.74, 6) is -0.896. The maximum absolute atomic E-state index is 12.9. The summed E-state index contributed by atoms with van der Waals surface area (Å²) >= 11 is 0. The van der Waals surface area contributed by atoms with E-state index >= 15 is 0 Å². The smallest absolute Gasteiger partial charge is 0.339 e. The van der Waals surface area contributed by atoms with Gasteiger partial charge in [-0.1, -0.05) is 6.07 Å². The van der Waals surface area contributed by atoms with Gasteiger partial charge < -0.3 is 9.64 Å². The highest BCUT2D eigenvalue weighted by Gasteiger charge is 2.31. The first-order valence-corrected chi connectivity index (χ1v) is 11.3. The molecule has 0 unspecified atom stereocenters. The van der Waals surface area contributed by atoms with Crippen molar-refractivity contribution in [3.8, 4) is 0 Å². The molecule has 0 bridgehead atoms. The predicted octanol–water partition coefficient (Wildman–Crippen LogP) is 1.62. The number of esters is 1. The fourth-order valence-electron chi connectivity index (χ4n) is 3.30. The molecule has 1 aliphatic heterocycles.